The Hall–Kier alpha value is -1.67. The average molecular weight is 312 g/mol. The Bertz CT molecular complexity index is 617. The monoisotopic (exact) mass is 312 g/mol. The summed E-state index contributed by atoms with van der Waals surface area (Å²) >= 11 is 2.81. The Balaban J connectivity index is 1.79. The maximum absolute atomic E-state index is 13.0. The van der Waals surface area contributed by atoms with E-state index in [1.54, 1.807) is 0 Å². The van der Waals surface area contributed by atoms with Gasteiger partial charge in [0.1, 0.15) is 11.6 Å². The van der Waals surface area contributed by atoms with E-state index < -0.39 is 5.82 Å². The van der Waals surface area contributed by atoms with Crippen LogP contribution in [0, 0.1) is 12.7 Å². The number of aromatic nitrogens is 2. The number of halogens is 1. The van der Waals surface area contributed by atoms with Gasteiger partial charge in [0.05, 0.1) is 5.69 Å². The summed E-state index contributed by atoms with van der Waals surface area (Å²) in [4.78, 5) is 15.9. The minimum absolute atomic E-state index is 0.0153. The van der Waals surface area contributed by atoms with Crippen molar-refractivity contribution in [2.45, 2.75) is 17.7 Å². The van der Waals surface area contributed by atoms with Crippen molar-refractivity contribution in [2.75, 3.05) is 16.8 Å². The van der Waals surface area contributed by atoms with E-state index in [0.717, 1.165) is 10.2 Å². The van der Waals surface area contributed by atoms with Crippen molar-refractivity contribution >= 4 is 40.6 Å². The first-order valence-corrected chi connectivity index (χ1v) is 7.58. The molecule has 5 nitrogen and oxygen atoms in total. The Morgan fingerprint density at radius 2 is 2.35 bits per heavy atom. The normalized spacial score (nSPS) is 10.5. The van der Waals surface area contributed by atoms with Crippen molar-refractivity contribution in [3.8, 4) is 0 Å². The highest BCUT2D eigenvalue weighted by atomic mass is 32.2. The molecule has 3 N–H and O–H groups in total. The standard InChI is InChI=1S/C12H13FN4OS2/c1-7-15-12(20-17-7)19-5-4-11(18)16-8-2-3-9(13)10(14)6-8/h2-3,6H,4-5,14H2,1H3,(H,16,18). The molecular weight excluding hydrogens is 299 g/mol. The van der Waals surface area contributed by atoms with Crippen molar-refractivity contribution in [1.82, 2.24) is 9.36 Å². The number of aryl methyl sites for hydroxylation is 1. The molecule has 0 bridgehead atoms. The van der Waals surface area contributed by atoms with E-state index >= 15 is 0 Å². The Morgan fingerprint density at radius 3 is 3.00 bits per heavy atom. The fraction of sp³-hybridized carbons (Fsp3) is 0.250. The van der Waals surface area contributed by atoms with E-state index in [-0.39, 0.29) is 11.6 Å². The highest BCUT2D eigenvalue weighted by molar-refractivity contribution is 8.00. The quantitative estimate of drug-likeness (QED) is 0.655. The molecule has 1 aromatic heterocycles. The molecule has 0 fully saturated rings. The summed E-state index contributed by atoms with van der Waals surface area (Å²) < 4.78 is 17.9. The number of nitrogens with two attached hydrogens (primary N) is 1. The lowest BCUT2D eigenvalue weighted by Crippen LogP contribution is -2.12. The van der Waals surface area contributed by atoms with Gasteiger partial charge in [0, 0.05) is 17.9 Å². The Labute approximate surface area is 124 Å². The third kappa shape index (κ3) is 4.17. The second-order valence-electron chi connectivity index (χ2n) is 3.99. The number of carbonyl (C=O) groups is 1. The van der Waals surface area contributed by atoms with Crippen LogP contribution in [0.15, 0.2) is 22.5 Å². The molecule has 2 aromatic rings. The number of benzene rings is 1. The lowest BCUT2D eigenvalue weighted by atomic mass is 10.2. The zero-order valence-corrected chi connectivity index (χ0v) is 12.4. The van der Waals surface area contributed by atoms with Crippen LogP contribution in [0.4, 0.5) is 15.8 Å². The molecule has 1 amide bonds. The topological polar surface area (TPSA) is 80.9 Å². The van der Waals surface area contributed by atoms with E-state index in [1.165, 1.54) is 41.5 Å². The van der Waals surface area contributed by atoms with Crippen LogP contribution in [0.3, 0.4) is 0 Å². The van der Waals surface area contributed by atoms with Crippen LogP contribution in [-0.4, -0.2) is 21.0 Å². The molecule has 2 rings (SSSR count). The van der Waals surface area contributed by atoms with Gasteiger partial charge in [0.25, 0.3) is 0 Å². The number of carbonyl (C=O) groups excluding carboxylic acids is 1. The molecular formula is C12H13FN4OS2. The van der Waals surface area contributed by atoms with Crippen LogP contribution in [0.2, 0.25) is 0 Å². The number of anilines is 2. The van der Waals surface area contributed by atoms with Gasteiger partial charge in [-0.2, -0.15) is 4.37 Å². The molecule has 1 aromatic carbocycles. The van der Waals surface area contributed by atoms with E-state index in [0.29, 0.717) is 17.9 Å². The summed E-state index contributed by atoms with van der Waals surface area (Å²) in [7, 11) is 0. The van der Waals surface area contributed by atoms with Crippen molar-refractivity contribution in [2.24, 2.45) is 0 Å². The molecule has 0 radical (unpaired) electrons. The van der Waals surface area contributed by atoms with Crippen LogP contribution in [0.25, 0.3) is 0 Å². The molecule has 8 heteroatoms. The third-order valence-corrected chi connectivity index (χ3v) is 4.27. The molecule has 20 heavy (non-hydrogen) atoms. The number of thioether (sulfide) groups is 1. The second kappa shape index (κ2) is 6.67. The number of amides is 1. The second-order valence-corrected chi connectivity index (χ2v) is 6.08. The summed E-state index contributed by atoms with van der Waals surface area (Å²) in [5, 5.41) is 2.67. The van der Waals surface area contributed by atoms with Crippen LogP contribution < -0.4 is 11.1 Å². The lowest BCUT2D eigenvalue weighted by molar-refractivity contribution is -0.115. The molecule has 0 aliphatic heterocycles. The van der Waals surface area contributed by atoms with Gasteiger partial charge in [-0.3, -0.25) is 4.79 Å². The van der Waals surface area contributed by atoms with Crippen molar-refractivity contribution < 1.29 is 9.18 Å². The summed E-state index contributed by atoms with van der Waals surface area (Å²) in [6.45, 7) is 1.83. The van der Waals surface area contributed by atoms with Gasteiger partial charge in [0.2, 0.25) is 5.91 Å². The maximum atomic E-state index is 13.0. The zero-order valence-electron chi connectivity index (χ0n) is 10.7. The van der Waals surface area contributed by atoms with E-state index in [1.807, 2.05) is 6.92 Å². The Morgan fingerprint density at radius 1 is 1.55 bits per heavy atom. The molecule has 106 valence electrons. The number of hydrogen-bond acceptors (Lipinski definition) is 6. The summed E-state index contributed by atoms with van der Waals surface area (Å²) in [5.74, 6) is 0.704. The van der Waals surface area contributed by atoms with Crippen molar-refractivity contribution in [3.63, 3.8) is 0 Å². The molecule has 0 aliphatic rings. The molecule has 0 saturated heterocycles. The minimum Gasteiger partial charge on any atom is -0.396 e. The SMILES string of the molecule is Cc1nsc(SCCC(=O)Nc2ccc(F)c(N)c2)n1. The van der Waals surface area contributed by atoms with Gasteiger partial charge >= 0.3 is 0 Å². The number of rotatable bonds is 5. The van der Waals surface area contributed by atoms with Gasteiger partial charge in [-0.25, -0.2) is 9.37 Å². The van der Waals surface area contributed by atoms with E-state index in [2.05, 4.69) is 14.7 Å². The summed E-state index contributed by atoms with van der Waals surface area (Å²) in [5.41, 5.74) is 5.94. The first-order valence-electron chi connectivity index (χ1n) is 5.82. The number of hydrogen-bond donors (Lipinski definition) is 2. The van der Waals surface area contributed by atoms with Crippen LogP contribution in [-0.2, 0) is 4.79 Å². The zero-order chi connectivity index (χ0) is 14.5. The predicted octanol–water partition coefficient (Wildman–Crippen LogP) is 2.69. The fourth-order valence-corrected chi connectivity index (χ4v) is 3.07. The van der Waals surface area contributed by atoms with Gasteiger partial charge in [0.15, 0.2) is 4.34 Å². The first kappa shape index (κ1) is 14.7. The molecule has 0 atom stereocenters. The summed E-state index contributed by atoms with van der Waals surface area (Å²) in [6, 6.07) is 4.10. The number of nitrogens with zero attached hydrogens (tertiary/aromatic N) is 2. The van der Waals surface area contributed by atoms with Crippen LogP contribution >= 0.6 is 23.3 Å². The van der Waals surface area contributed by atoms with Gasteiger partial charge in [-0.05, 0) is 36.7 Å². The molecule has 0 saturated carbocycles. The van der Waals surface area contributed by atoms with E-state index in [9.17, 15) is 9.18 Å². The van der Waals surface area contributed by atoms with Crippen molar-refractivity contribution in [1.29, 1.82) is 0 Å². The van der Waals surface area contributed by atoms with E-state index in [4.69, 9.17) is 5.73 Å². The highest BCUT2D eigenvalue weighted by Crippen LogP contribution is 2.21. The minimum atomic E-state index is -0.495. The number of nitrogen functional groups attached to an aromatic ring is 1. The van der Waals surface area contributed by atoms with Crippen LogP contribution in [0.1, 0.15) is 12.2 Å². The smallest absolute Gasteiger partial charge is 0.225 e. The molecule has 1 heterocycles. The fourth-order valence-electron chi connectivity index (χ4n) is 1.41. The molecule has 0 unspecified atom stereocenters. The van der Waals surface area contributed by atoms with Gasteiger partial charge < -0.3 is 11.1 Å². The third-order valence-electron chi connectivity index (χ3n) is 2.34. The van der Waals surface area contributed by atoms with Gasteiger partial charge in [-0.1, -0.05) is 11.8 Å². The highest BCUT2D eigenvalue weighted by Gasteiger charge is 2.06. The first-order chi connectivity index (χ1) is 9.54. The Kier molecular flexibility index (Phi) is 4.91. The van der Waals surface area contributed by atoms with Crippen molar-refractivity contribution in [3.05, 3.63) is 29.8 Å². The van der Waals surface area contributed by atoms with Crippen LogP contribution in [0.5, 0.6) is 0 Å². The molecule has 0 spiro atoms. The van der Waals surface area contributed by atoms with Gasteiger partial charge in [-0.15, -0.1) is 0 Å². The average Bonchev–Trinajstić information content (AvgIpc) is 2.80. The lowest BCUT2D eigenvalue weighted by Gasteiger charge is -2.05. The predicted molar refractivity (Wildman–Crippen MR) is 79.4 cm³/mol. The molecule has 0 aliphatic carbocycles. The summed E-state index contributed by atoms with van der Waals surface area (Å²) in [6.07, 6.45) is 0.334. The maximum Gasteiger partial charge on any atom is 0.225 e. The largest absolute Gasteiger partial charge is 0.396 e. The number of nitrogens with one attached hydrogen (secondary N) is 1.